The number of hydrogen-bond acceptors (Lipinski definition) is 4. The quantitative estimate of drug-likeness (QED) is 0.729. The van der Waals surface area contributed by atoms with Crippen LogP contribution in [0.15, 0.2) is 6.07 Å². The Morgan fingerprint density at radius 1 is 1.32 bits per heavy atom. The molecule has 0 saturated heterocycles. The van der Waals surface area contributed by atoms with Crippen molar-refractivity contribution in [3.05, 3.63) is 17.5 Å². The van der Waals surface area contributed by atoms with Gasteiger partial charge in [-0.2, -0.15) is 5.10 Å². The number of aryl methyl sites for hydroxylation is 1. The molecule has 1 amide bonds. The van der Waals surface area contributed by atoms with E-state index in [0.717, 1.165) is 18.5 Å². The lowest BCUT2D eigenvalue weighted by atomic mass is 10.2. The molecular weight excluding hydrogens is 246 g/mol. The van der Waals surface area contributed by atoms with Gasteiger partial charge in [-0.05, 0) is 12.5 Å². The van der Waals surface area contributed by atoms with Gasteiger partial charge in [0.05, 0.1) is 13.2 Å². The third-order valence-electron chi connectivity index (χ3n) is 2.79. The highest BCUT2D eigenvalue weighted by Crippen LogP contribution is 2.06. The minimum Gasteiger partial charge on any atom is -0.383 e. The average Bonchev–Trinajstić information content (AvgIpc) is 2.87. The second-order valence-corrected chi connectivity index (χ2v) is 4.31. The molecule has 0 saturated carbocycles. The van der Waals surface area contributed by atoms with Gasteiger partial charge in [-0.15, -0.1) is 0 Å². The molecule has 0 aliphatic rings. The van der Waals surface area contributed by atoms with Gasteiger partial charge in [-0.3, -0.25) is 9.89 Å². The Balaban J connectivity index is 2.66. The SMILES string of the molecule is CCCc1cc(C(=O)N(CCOC)CCOC)n[nH]1. The van der Waals surface area contributed by atoms with Crippen LogP contribution in [-0.4, -0.2) is 61.5 Å². The van der Waals surface area contributed by atoms with Gasteiger partial charge in [0.2, 0.25) is 0 Å². The number of aromatic amines is 1. The molecule has 0 aliphatic carbocycles. The number of ether oxygens (including phenoxy) is 2. The summed E-state index contributed by atoms with van der Waals surface area (Å²) < 4.78 is 10.0. The zero-order valence-electron chi connectivity index (χ0n) is 11.9. The van der Waals surface area contributed by atoms with Crippen molar-refractivity contribution in [3.63, 3.8) is 0 Å². The van der Waals surface area contributed by atoms with Crippen LogP contribution in [0, 0.1) is 0 Å². The van der Waals surface area contributed by atoms with Gasteiger partial charge in [0.25, 0.3) is 5.91 Å². The van der Waals surface area contributed by atoms with E-state index in [1.165, 1.54) is 0 Å². The number of H-pyrrole nitrogens is 1. The first-order chi connectivity index (χ1) is 9.22. The maximum absolute atomic E-state index is 12.3. The molecule has 0 fully saturated rings. The molecule has 0 radical (unpaired) electrons. The molecule has 1 N–H and O–H groups in total. The highest BCUT2D eigenvalue weighted by atomic mass is 16.5. The van der Waals surface area contributed by atoms with Crippen LogP contribution in [0.25, 0.3) is 0 Å². The standard InChI is InChI=1S/C13H23N3O3/c1-4-5-11-10-12(15-14-11)13(17)16(6-8-18-2)7-9-19-3/h10H,4-9H2,1-3H3,(H,14,15). The summed E-state index contributed by atoms with van der Waals surface area (Å²) in [5.41, 5.74) is 1.44. The van der Waals surface area contributed by atoms with Gasteiger partial charge in [0.15, 0.2) is 0 Å². The van der Waals surface area contributed by atoms with E-state index in [1.807, 2.05) is 6.07 Å². The fraction of sp³-hybridized carbons (Fsp3) is 0.692. The second kappa shape index (κ2) is 8.66. The Labute approximate surface area is 114 Å². The number of carbonyl (C=O) groups excluding carboxylic acids is 1. The van der Waals surface area contributed by atoms with Gasteiger partial charge < -0.3 is 14.4 Å². The normalized spacial score (nSPS) is 10.7. The molecule has 19 heavy (non-hydrogen) atoms. The molecule has 6 nitrogen and oxygen atoms in total. The van der Waals surface area contributed by atoms with Gasteiger partial charge in [-0.1, -0.05) is 13.3 Å². The summed E-state index contributed by atoms with van der Waals surface area (Å²) in [6, 6.07) is 1.82. The summed E-state index contributed by atoms with van der Waals surface area (Å²) in [5, 5.41) is 6.97. The van der Waals surface area contributed by atoms with Crippen molar-refractivity contribution >= 4 is 5.91 Å². The van der Waals surface area contributed by atoms with Crippen LogP contribution in [0.2, 0.25) is 0 Å². The monoisotopic (exact) mass is 269 g/mol. The smallest absolute Gasteiger partial charge is 0.274 e. The first-order valence-electron chi connectivity index (χ1n) is 6.54. The van der Waals surface area contributed by atoms with Crippen LogP contribution >= 0.6 is 0 Å². The van der Waals surface area contributed by atoms with Crippen molar-refractivity contribution in [3.8, 4) is 0 Å². The Morgan fingerprint density at radius 2 is 1.95 bits per heavy atom. The zero-order valence-corrected chi connectivity index (χ0v) is 11.9. The van der Waals surface area contributed by atoms with Gasteiger partial charge in [0.1, 0.15) is 5.69 Å². The van der Waals surface area contributed by atoms with Crippen LogP contribution in [0.5, 0.6) is 0 Å². The predicted molar refractivity (Wildman–Crippen MR) is 72.2 cm³/mol. The van der Waals surface area contributed by atoms with E-state index in [1.54, 1.807) is 19.1 Å². The Morgan fingerprint density at radius 3 is 2.47 bits per heavy atom. The summed E-state index contributed by atoms with van der Waals surface area (Å²) >= 11 is 0. The minimum absolute atomic E-state index is 0.0901. The fourth-order valence-electron chi connectivity index (χ4n) is 1.75. The predicted octanol–water partition coefficient (Wildman–Crippen LogP) is 1.10. The average molecular weight is 269 g/mol. The third-order valence-corrected chi connectivity index (χ3v) is 2.79. The number of methoxy groups -OCH3 is 2. The van der Waals surface area contributed by atoms with Crippen LogP contribution in [0.4, 0.5) is 0 Å². The molecule has 1 rings (SSSR count). The van der Waals surface area contributed by atoms with Crippen LogP contribution < -0.4 is 0 Å². The molecule has 0 bridgehead atoms. The molecule has 108 valence electrons. The first kappa shape index (κ1) is 15.7. The molecule has 0 aliphatic heterocycles. The highest BCUT2D eigenvalue weighted by molar-refractivity contribution is 5.92. The van der Waals surface area contributed by atoms with Crippen molar-refractivity contribution in [2.45, 2.75) is 19.8 Å². The van der Waals surface area contributed by atoms with E-state index in [4.69, 9.17) is 9.47 Å². The Hall–Kier alpha value is -1.40. The molecule has 1 aromatic rings. The molecule has 0 spiro atoms. The maximum Gasteiger partial charge on any atom is 0.274 e. The minimum atomic E-state index is -0.0901. The molecule has 1 aromatic heterocycles. The zero-order chi connectivity index (χ0) is 14.1. The van der Waals surface area contributed by atoms with E-state index >= 15 is 0 Å². The molecule has 1 heterocycles. The van der Waals surface area contributed by atoms with Crippen LogP contribution in [0.1, 0.15) is 29.5 Å². The van der Waals surface area contributed by atoms with Gasteiger partial charge >= 0.3 is 0 Å². The fourth-order valence-corrected chi connectivity index (χ4v) is 1.75. The summed E-state index contributed by atoms with van der Waals surface area (Å²) in [7, 11) is 3.24. The molecule has 0 aromatic carbocycles. The first-order valence-corrected chi connectivity index (χ1v) is 6.54. The number of carbonyl (C=O) groups is 1. The van der Waals surface area contributed by atoms with Crippen LogP contribution in [-0.2, 0) is 15.9 Å². The summed E-state index contributed by atoms with van der Waals surface area (Å²) in [6.07, 6.45) is 1.92. The van der Waals surface area contributed by atoms with E-state index in [0.29, 0.717) is 32.0 Å². The molecule has 6 heteroatoms. The number of rotatable bonds is 9. The van der Waals surface area contributed by atoms with Crippen LogP contribution in [0.3, 0.4) is 0 Å². The number of amides is 1. The third kappa shape index (κ3) is 5.00. The van der Waals surface area contributed by atoms with Crippen molar-refractivity contribution in [1.82, 2.24) is 15.1 Å². The van der Waals surface area contributed by atoms with Crippen molar-refractivity contribution < 1.29 is 14.3 Å². The van der Waals surface area contributed by atoms with Gasteiger partial charge in [-0.25, -0.2) is 0 Å². The van der Waals surface area contributed by atoms with E-state index < -0.39 is 0 Å². The van der Waals surface area contributed by atoms with Crippen molar-refractivity contribution in [1.29, 1.82) is 0 Å². The number of aromatic nitrogens is 2. The lowest BCUT2D eigenvalue weighted by Gasteiger charge is -2.20. The largest absolute Gasteiger partial charge is 0.383 e. The Bertz CT molecular complexity index is 371. The van der Waals surface area contributed by atoms with E-state index in [9.17, 15) is 4.79 Å². The summed E-state index contributed by atoms with van der Waals surface area (Å²) in [6.45, 7) is 4.17. The number of nitrogens with one attached hydrogen (secondary N) is 1. The maximum atomic E-state index is 12.3. The summed E-state index contributed by atoms with van der Waals surface area (Å²) in [5.74, 6) is -0.0901. The highest BCUT2D eigenvalue weighted by Gasteiger charge is 2.18. The van der Waals surface area contributed by atoms with Crippen molar-refractivity contribution in [2.75, 3.05) is 40.5 Å². The summed E-state index contributed by atoms with van der Waals surface area (Å²) in [4.78, 5) is 14.0. The van der Waals surface area contributed by atoms with E-state index in [2.05, 4.69) is 17.1 Å². The van der Waals surface area contributed by atoms with E-state index in [-0.39, 0.29) is 5.91 Å². The van der Waals surface area contributed by atoms with Gasteiger partial charge in [0, 0.05) is 33.0 Å². The lowest BCUT2D eigenvalue weighted by molar-refractivity contribution is 0.0622. The number of nitrogens with zero attached hydrogens (tertiary/aromatic N) is 2. The Kier molecular flexibility index (Phi) is 7.14. The molecule has 0 atom stereocenters. The van der Waals surface area contributed by atoms with Crippen molar-refractivity contribution in [2.24, 2.45) is 0 Å². The lowest BCUT2D eigenvalue weighted by Crippen LogP contribution is -2.36. The topological polar surface area (TPSA) is 67.5 Å². The number of hydrogen-bond donors (Lipinski definition) is 1. The second-order valence-electron chi connectivity index (χ2n) is 4.31. The molecular formula is C13H23N3O3. The molecule has 0 unspecified atom stereocenters.